The number of nitrogens with zero attached hydrogens (tertiary/aromatic N) is 1. The van der Waals surface area contributed by atoms with Crippen molar-refractivity contribution in [3.05, 3.63) is 106 Å². The number of aliphatic hydroxyl groups is 1. The third-order valence-corrected chi connectivity index (χ3v) is 6.22. The first-order chi connectivity index (χ1) is 18.9. The Morgan fingerprint density at radius 3 is 2.17 bits per heavy atom. The van der Waals surface area contributed by atoms with Crippen LogP contribution in [0.5, 0.6) is 5.75 Å². The van der Waals surface area contributed by atoms with E-state index >= 15 is 0 Å². The van der Waals surface area contributed by atoms with Gasteiger partial charge in [-0.2, -0.15) is 0 Å². The first-order valence-electron chi connectivity index (χ1n) is 12.7. The Bertz CT molecular complexity index is 1310. The van der Waals surface area contributed by atoms with E-state index in [1.54, 1.807) is 32.9 Å². The van der Waals surface area contributed by atoms with Crippen LogP contribution in [0, 0.1) is 15.5 Å². The van der Waals surface area contributed by atoms with Gasteiger partial charge in [0, 0.05) is 6.07 Å². The summed E-state index contributed by atoms with van der Waals surface area (Å²) in [5.41, 5.74) is 4.52. The number of benzene rings is 3. The van der Waals surface area contributed by atoms with Gasteiger partial charge in [0.25, 0.3) is 5.69 Å². The van der Waals surface area contributed by atoms with Gasteiger partial charge in [0.05, 0.1) is 11.5 Å². The molecule has 3 aromatic carbocycles. The molecule has 0 heterocycles. The van der Waals surface area contributed by atoms with Crippen LogP contribution in [0.1, 0.15) is 48.7 Å². The molecule has 0 amide bonds. The number of hydrogen-bond donors (Lipinski definition) is 2. The Morgan fingerprint density at radius 1 is 0.950 bits per heavy atom. The Hall–Kier alpha value is -4.28. The van der Waals surface area contributed by atoms with Crippen molar-refractivity contribution in [1.82, 2.24) is 0 Å². The summed E-state index contributed by atoms with van der Waals surface area (Å²) in [6.45, 7) is 4.60. The normalized spacial score (nSPS) is 13.5. The fourth-order valence-electron chi connectivity index (χ4n) is 3.93. The zero-order valence-corrected chi connectivity index (χ0v) is 22.7. The van der Waals surface area contributed by atoms with E-state index < -0.39 is 46.4 Å². The molecule has 0 aromatic heterocycles. The number of nitro groups is 1. The molecule has 0 saturated carbocycles. The van der Waals surface area contributed by atoms with E-state index in [2.05, 4.69) is 0 Å². The van der Waals surface area contributed by atoms with E-state index in [-0.39, 0.29) is 18.4 Å². The summed E-state index contributed by atoms with van der Waals surface area (Å²) in [5.74, 6) is -1.29. The Morgan fingerprint density at radius 2 is 1.57 bits per heavy atom. The van der Waals surface area contributed by atoms with Crippen molar-refractivity contribution in [1.29, 1.82) is 0 Å². The molecule has 3 N–H and O–H groups in total. The summed E-state index contributed by atoms with van der Waals surface area (Å²) in [5, 5.41) is 21.8. The van der Waals surface area contributed by atoms with Gasteiger partial charge in [0.15, 0.2) is 6.23 Å². The van der Waals surface area contributed by atoms with Crippen LogP contribution in [0.2, 0.25) is 0 Å². The number of aliphatic hydroxyl groups excluding tert-OH is 1. The summed E-state index contributed by atoms with van der Waals surface area (Å²) in [6, 6.07) is 22.2. The number of nitrogens with two attached hydrogens (primary N) is 1. The predicted molar refractivity (Wildman–Crippen MR) is 147 cm³/mol. The highest BCUT2D eigenvalue weighted by Gasteiger charge is 2.49. The monoisotopic (exact) mass is 550 g/mol. The molecule has 0 radical (unpaired) electrons. The van der Waals surface area contributed by atoms with Crippen LogP contribution in [0.25, 0.3) is 0 Å². The van der Waals surface area contributed by atoms with E-state index in [0.717, 1.165) is 17.2 Å². The number of nitro benzene ring substituents is 1. The summed E-state index contributed by atoms with van der Waals surface area (Å²) >= 11 is 0. The number of ether oxygens (including phenoxy) is 3. The minimum absolute atomic E-state index is 0.0338. The molecule has 2 unspecified atom stereocenters. The third kappa shape index (κ3) is 7.87. The molecule has 0 saturated heterocycles. The number of rotatable bonds is 12. The average Bonchev–Trinajstić information content (AvgIpc) is 2.92. The number of hydrogen-bond acceptors (Lipinski definition) is 9. The molecule has 3 rings (SSSR count). The molecule has 0 spiro atoms. The van der Waals surface area contributed by atoms with Crippen molar-refractivity contribution in [3.63, 3.8) is 0 Å². The predicted octanol–water partition coefficient (Wildman–Crippen LogP) is 4.57. The molecule has 40 heavy (non-hydrogen) atoms. The van der Waals surface area contributed by atoms with E-state index in [1.807, 2.05) is 42.5 Å². The highest BCUT2D eigenvalue weighted by Crippen LogP contribution is 2.33. The molecule has 0 aliphatic carbocycles. The summed E-state index contributed by atoms with van der Waals surface area (Å²) in [4.78, 5) is 36.9. The Balaban J connectivity index is 1.78. The molecule has 212 valence electrons. The van der Waals surface area contributed by atoms with Gasteiger partial charge in [0.2, 0.25) is 0 Å². The summed E-state index contributed by atoms with van der Waals surface area (Å²) in [7, 11) is 0. The molecule has 2 atom stereocenters. The molecular formula is C30H34N2O8. The molecule has 0 fully saturated rings. The van der Waals surface area contributed by atoms with Gasteiger partial charge in [-0.3, -0.25) is 20.6 Å². The van der Waals surface area contributed by atoms with Gasteiger partial charge in [-0.25, -0.2) is 4.79 Å². The molecule has 0 bridgehead atoms. The number of aryl methyl sites for hydroxylation is 1. The first-order valence-corrected chi connectivity index (χ1v) is 12.7. The maximum absolute atomic E-state index is 13.4. The van der Waals surface area contributed by atoms with E-state index in [0.29, 0.717) is 12.4 Å². The molecule has 3 aromatic rings. The minimum atomic E-state index is -1.84. The molecule has 10 nitrogen and oxygen atoms in total. The van der Waals surface area contributed by atoms with Gasteiger partial charge in [-0.05, 0) is 62.9 Å². The zero-order chi connectivity index (χ0) is 29.3. The van der Waals surface area contributed by atoms with Crippen molar-refractivity contribution in [3.8, 4) is 5.75 Å². The van der Waals surface area contributed by atoms with Gasteiger partial charge < -0.3 is 19.3 Å². The first kappa shape index (κ1) is 30.3. The summed E-state index contributed by atoms with van der Waals surface area (Å²) < 4.78 is 16.7. The topological polar surface area (TPSA) is 151 Å². The largest absolute Gasteiger partial charge is 0.489 e. The van der Waals surface area contributed by atoms with Crippen molar-refractivity contribution in [2.45, 2.75) is 52.0 Å². The fraction of sp³-hybridized carbons (Fsp3) is 0.333. The third-order valence-electron chi connectivity index (χ3n) is 6.22. The van der Waals surface area contributed by atoms with Gasteiger partial charge >= 0.3 is 11.9 Å². The zero-order valence-electron chi connectivity index (χ0n) is 22.7. The van der Waals surface area contributed by atoms with E-state index in [9.17, 15) is 24.8 Å². The maximum Gasteiger partial charge on any atom is 0.346 e. The second-order valence-electron chi connectivity index (χ2n) is 10.3. The Labute approximate surface area is 232 Å². The average molecular weight is 551 g/mol. The lowest BCUT2D eigenvalue weighted by Gasteiger charge is -2.36. The standard InChI is InChI=1S/C30H34N2O8/c1-29(2,3)40-28(35)30(20-33,27(31)39-26(34)24-11-7-8-12-25(24)32(36)37)18-17-21-13-15-23(16-14-21)38-19-22-9-5-4-6-10-22/h4-16,27,33H,17-20,31H2,1-3H3. The lowest BCUT2D eigenvalue weighted by molar-refractivity contribution is -0.385. The van der Waals surface area contributed by atoms with Crippen molar-refractivity contribution in [2.75, 3.05) is 6.61 Å². The van der Waals surface area contributed by atoms with Crippen LogP contribution in [0.4, 0.5) is 5.69 Å². The Kier molecular flexibility index (Phi) is 9.98. The van der Waals surface area contributed by atoms with Crippen LogP contribution in [0.3, 0.4) is 0 Å². The van der Waals surface area contributed by atoms with Crippen LogP contribution < -0.4 is 10.5 Å². The molecule has 0 aliphatic rings. The van der Waals surface area contributed by atoms with E-state index in [1.165, 1.54) is 18.2 Å². The van der Waals surface area contributed by atoms with E-state index in [4.69, 9.17) is 19.9 Å². The molecule has 0 aliphatic heterocycles. The lowest BCUT2D eigenvalue weighted by atomic mass is 9.80. The number of carbonyl (C=O) groups is 2. The van der Waals surface area contributed by atoms with Crippen molar-refractivity contribution in [2.24, 2.45) is 11.1 Å². The van der Waals surface area contributed by atoms with Gasteiger partial charge in [-0.1, -0.05) is 54.6 Å². The number of carbonyl (C=O) groups excluding carboxylic acids is 2. The number of esters is 2. The fourth-order valence-corrected chi connectivity index (χ4v) is 3.93. The molecular weight excluding hydrogens is 516 g/mol. The van der Waals surface area contributed by atoms with Crippen LogP contribution in [0.15, 0.2) is 78.9 Å². The highest BCUT2D eigenvalue weighted by atomic mass is 16.6. The smallest absolute Gasteiger partial charge is 0.346 e. The molecule has 10 heteroatoms. The summed E-state index contributed by atoms with van der Waals surface area (Å²) in [6.07, 6.45) is -1.42. The quantitative estimate of drug-likeness (QED) is 0.143. The van der Waals surface area contributed by atoms with Crippen LogP contribution in [-0.2, 0) is 27.3 Å². The maximum atomic E-state index is 13.4. The second-order valence-corrected chi connectivity index (χ2v) is 10.3. The highest BCUT2D eigenvalue weighted by molar-refractivity contribution is 5.94. The SMILES string of the molecule is CC(C)(C)OC(=O)C(CO)(CCc1ccc(OCc2ccccc2)cc1)C(N)OC(=O)c1ccccc1[N+](=O)[O-]. The minimum Gasteiger partial charge on any atom is -0.489 e. The number of para-hydroxylation sites is 1. The van der Waals surface area contributed by atoms with Crippen LogP contribution in [-0.4, -0.2) is 40.4 Å². The lowest BCUT2D eigenvalue weighted by Crippen LogP contribution is -2.54. The van der Waals surface area contributed by atoms with Crippen molar-refractivity contribution < 1.29 is 33.8 Å². The van der Waals surface area contributed by atoms with Gasteiger partial charge in [0.1, 0.15) is 28.9 Å². The van der Waals surface area contributed by atoms with Crippen LogP contribution >= 0.6 is 0 Å². The van der Waals surface area contributed by atoms with Gasteiger partial charge in [-0.15, -0.1) is 0 Å². The second kappa shape index (κ2) is 13.2. The van der Waals surface area contributed by atoms with Crippen molar-refractivity contribution >= 4 is 17.6 Å².